The molecule has 1 aromatic heterocycles. The van der Waals surface area contributed by atoms with Crippen molar-refractivity contribution in [1.82, 2.24) is 9.88 Å². The fourth-order valence-electron chi connectivity index (χ4n) is 4.49. The number of aromatic amines is 1. The molecule has 151 valence electrons. The molecule has 0 spiro atoms. The van der Waals surface area contributed by atoms with Crippen LogP contribution < -0.4 is 9.64 Å². The average Bonchev–Trinajstić information content (AvgIpc) is 3.24. The minimum absolute atomic E-state index is 0.283. The zero-order chi connectivity index (χ0) is 20.3. The van der Waals surface area contributed by atoms with Crippen LogP contribution in [0, 0.1) is 6.20 Å². The molecule has 2 heterocycles. The van der Waals surface area contributed by atoms with Crippen molar-refractivity contribution in [2.24, 2.45) is 0 Å². The Hall–Kier alpha value is -3.24. The number of H-pyrrole nitrogens is 1. The van der Waals surface area contributed by atoms with Gasteiger partial charge in [-0.05, 0) is 23.3 Å². The van der Waals surface area contributed by atoms with Crippen LogP contribution in [-0.4, -0.2) is 43.2 Å². The summed E-state index contributed by atoms with van der Waals surface area (Å²) in [5.41, 5.74) is 4.92. The first-order chi connectivity index (χ1) is 14.8. The monoisotopic (exact) mass is 396 g/mol. The van der Waals surface area contributed by atoms with E-state index in [4.69, 9.17) is 4.74 Å². The molecule has 1 fully saturated rings. The van der Waals surface area contributed by atoms with E-state index in [1.165, 1.54) is 16.5 Å². The van der Waals surface area contributed by atoms with Crippen LogP contribution in [0.15, 0.2) is 78.9 Å². The minimum atomic E-state index is 0.283. The highest BCUT2D eigenvalue weighted by molar-refractivity contribution is 5.93. The molecule has 0 atom stereocenters. The molecule has 0 saturated carbocycles. The number of hydrogen-bond donors (Lipinski definition) is 1. The van der Waals surface area contributed by atoms with Crippen LogP contribution in [0.5, 0.6) is 5.75 Å². The van der Waals surface area contributed by atoms with Gasteiger partial charge in [-0.25, -0.2) is 0 Å². The fraction of sp³-hybridized carbons (Fsp3) is 0.231. The molecule has 1 aliphatic rings. The zero-order valence-electron chi connectivity index (χ0n) is 17.2. The smallest absolute Gasteiger partial charge is 0.120 e. The second kappa shape index (κ2) is 8.25. The van der Waals surface area contributed by atoms with Crippen molar-refractivity contribution in [2.75, 3.05) is 38.2 Å². The van der Waals surface area contributed by atoms with E-state index in [1.54, 1.807) is 7.11 Å². The number of nitrogens with zero attached hydrogens (tertiary/aromatic N) is 2. The van der Waals surface area contributed by atoms with Gasteiger partial charge in [0.15, 0.2) is 0 Å². The van der Waals surface area contributed by atoms with Gasteiger partial charge < -0.3 is 14.6 Å². The number of benzene rings is 3. The number of nitrogens with one attached hydrogen (secondary N) is 1. The summed E-state index contributed by atoms with van der Waals surface area (Å²) in [4.78, 5) is 8.32. The molecule has 30 heavy (non-hydrogen) atoms. The van der Waals surface area contributed by atoms with Crippen LogP contribution in [-0.2, 0) is 0 Å². The molecule has 1 aliphatic heterocycles. The maximum Gasteiger partial charge on any atom is 0.120 e. The lowest BCUT2D eigenvalue weighted by Crippen LogP contribution is -2.48. The Morgan fingerprint density at radius 2 is 1.47 bits per heavy atom. The maximum absolute atomic E-state index is 5.35. The van der Waals surface area contributed by atoms with Gasteiger partial charge in [-0.15, -0.1) is 0 Å². The molecular weight excluding hydrogens is 370 g/mol. The van der Waals surface area contributed by atoms with Crippen LogP contribution >= 0.6 is 0 Å². The number of ether oxygens (including phenoxy) is 1. The Balaban J connectivity index is 1.38. The largest absolute Gasteiger partial charge is 0.497 e. The summed E-state index contributed by atoms with van der Waals surface area (Å²) in [6.07, 6.45) is 3.37. The third-order valence-corrected chi connectivity index (χ3v) is 6.02. The lowest BCUT2D eigenvalue weighted by atomic mass is 9.96. The van der Waals surface area contributed by atoms with E-state index < -0.39 is 0 Å². The third kappa shape index (κ3) is 3.55. The fourth-order valence-corrected chi connectivity index (χ4v) is 4.49. The van der Waals surface area contributed by atoms with Crippen molar-refractivity contribution in [3.8, 4) is 5.75 Å². The molecule has 0 amide bonds. The number of rotatable bonds is 5. The molecule has 5 rings (SSSR count). The number of anilines is 1. The molecule has 3 aromatic carbocycles. The number of aromatic nitrogens is 1. The standard InChI is InChI=1S/C26H26N3O/c1-30-22-12-13-23-24(18-22)27-19-25(23)28-14-16-29(17-15-28)26(20-8-4-2-5-9-20)21-10-6-3-7-11-21/h2-13,18,26-27H,14-17H2,1H3. The van der Waals surface area contributed by atoms with E-state index in [9.17, 15) is 0 Å². The molecule has 1 radical (unpaired) electrons. The predicted octanol–water partition coefficient (Wildman–Crippen LogP) is 4.89. The van der Waals surface area contributed by atoms with Crippen molar-refractivity contribution in [2.45, 2.75) is 6.04 Å². The van der Waals surface area contributed by atoms with Crippen molar-refractivity contribution >= 4 is 16.6 Å². The predicted molar refractivity (Wildman–Crippen MR) is 122 cm³/mol. The highest BCUT2D eigenvalue weighted by Gasteiger charge is 2.27. The SMILES string of the molecule is COc1ccc2c(N3CCN(C(c4ccccc4)c4ccccc4)CC3)[c][nH]c2c1. The van der Waals surface area contributed by atoms with E-state index >= 15 is 0 Å². The Morgan fingerprint density at radius 1 is 0.833 bits per heavy atom. The highest BCUT2D eigenvalue weighted by atomic mass is 16.5. The van der Waals surface area contributed by atoms with Crippen LogP contribution in [0.1, 0.15) is 17.2 Å². The number of fused-ring (bicyclic) bond motifs is 1. The molecule has 1 N–H and O–H groups in total. The zero-order valence-corrected chi connectivity index (χ0v) is 17.2. The number of piperazine rings is 1. The summed E-state index contributed by atoms with van der Waals surface area (Å²) in [6, 6.07) is 28.1. The molecular formula is C26H26N3O. The summed E-state index contributed by atoms with van der Waals surface area (Å²) in [5, 5.41) is 1.20. The van der Waals surface area contributed by atoms with Crippen molar-refractivity contribution in [3.63, 3.8) is 0 Å². The second-order valence-corrected chi connectivity index (χ2v) is 7.76. The lowest BCUT2D eigenvalue weighted by molar-refractivity contribution is 0.212. The van der Waals surface area contributed by atoms with E-state index in [-0.39, 0.29) is 6.04 Å². The molecule has 0 bridgehead atoms. The third-order valence-electron chi connectivity index (χ3n) is 6.02. The average molecular weight is 397 g/mol. The van der Waals surface area contributed by atoms with Gasteiger partial charge in [0.25, 0.3) is 0 Å². The number of methoxy groups -OCH3 is 1. The van der Waals surface area contributed by atoms with Crippen molar-refractivity contribution < 1.29 is 4.74 Å². The quantitative estimate of drug-likeness (QED) is 0.521. The second-order valence-electron chi connectivity index (χ2n) is 7.76. The first kappa shape index (κ1) is 18.8. The van der Waals surface area contributed by atoms with Crippen molar-refractivity contribution in [3.05, 3.63) is 96.2 Å². The highest BCUT2D eigenvalue weighted by Crippen LogP contribution is 2.33. The van der Waals surface area contributed by atoms with E-state index in [2.05, 4.69) is 87.7 Å². The molecule has 0 aliphatic carbocycles. The van der Waals surface area contributed by atoms with Gasteiger partial charge in [-0.1, -0.05) is 60.7 Å². The molecule has 4 aromatic rings. The van der Waals surface area contributed by atoms with Crippen LogP contribution in [0.4, 0.5) is 5.69 Å². The molecule has 4 nitrogen and oxygen atoms in total. The first-order valence-corrected chi connectivity index (χ1v) is 10.5. The van der Waals surface area contributed by atoms with Crippen LogP contribution in [0.25, 0.3) is 10.9 Å². The van der Waals surface area contributed by atoms with Crippen LogP contribution in [0.2, 0.25) is 0 Å². The van der Waals surface area contributed by atoms with E-state index in [0.29, 0.717) is 0 Å². The topological polar surface area (TPSA) is 31.5 Å². The Kier molecular flexibility index (Phi) is 5.16. The molecule has 4 heteroatoms. The van der Waals surface area contributed by atoms with Gasteiger partial charge in [0, 0.05) is 37.6 Å². The molecule has 0 unspecified atom stereocenters. The normalized spacial score (nSPS) is 15.1. The van der Waals surface area contributed by atoms with E-state index in [1.807, 2.05) is 12.1 Å². The van der Waals surface area contributed by atoms with Crippen LogP contribution in [0.3, 0.4) is 0 Å². The Labute approximate surface area is 177 Å². The minimum Gasteiger partial charge on any atom is -0.497 e. The van der Waals surface area contributed by atoms with Gasteiger partial charge in [0.05, 0.1) is 30.6 Å². The number of hydrogen-bond acceptors (Lipinski definition) is 3. The van der Waals surface area contributed by atoms with Gasteiger partial charge in [0.2, 0.25) is 0 Å². The van der Waals surface area contributed by atoms with Crippen molar-refractivity contribution in [1.29, 1.82) is 0 Å². The summed E-state index contributed by atoms with van der Waals surface area (Å²) in [5.74, 6) is 0.864. The van der Waals surface area contributed by atoms with E-state index in [0.717, 1.165) is 43.1 Å². The Morgan fingerprint density at radius 3 is 2.07 bits per heavy atom. The summed E-state index contributed by atoms with van der Waals surface area (Å²) < 4.78 is 5.35. The lowest BCUT2D eigenvalue weighted by Gasteiger charge is -2.40. The van der Waals surface area contributed by atoms with Gasteiger partial charge in [-0.3, -0.25) is 4.90 Å². The first-order valence-electron chi connectivity index (χ1n) is 10.5. The van der Waals surface area contributed by atoms with Gasteiger partial charge in [-0.2, -0.15) is 0 Å². The Bertz CT molecular complexity index is 1060. The summed E-state index contributed by atoms with van der Waals surface area (Å²) in [6.45, 7) is 3.97. The molecule has 1 saturated heterocycles. The van der Waals surface area contributed by atoms with Gasteiger partial charge in [0.1, 0.15) is 5.75 Å². The van der Waals surface area contributed by atoms with Gasteiger partial charge >= 0.3 is 0 Å². The summed E-state index contributed by atoms with van der Waals surface area (Å²) >= 11 is 0. The summed E-state index contributed by atoms with van der Waals surface area (Å²) in [7, 11) is 1.70. The maximum atomic E-state index is 5.35.